The Labute approximate surface area is 157 Å². The summed E-state index contributed by atoms with van der Waals surface area (Å²) in [6, 6.07) is -1.07. The van der Waals surface area contributed by atoms with Crippen molar-refractivity contribution in [1.29, 1.82) is 0 Å². The summed E-state index contributed by atoms with van der Waals surface area (Å²) in [6.07, 6.45) is 3.85. The van der Waals surface area contributed by atoms with Gasteiger partial charge in [-0.1, -0.05) is 0 Å². The van der Waals surface area contributed by atoms with Crippen LogP contribution in [0.15, 0.2) is 13.2 Å². The molecule has 0 aromatic heterocycles. The fraction of sp³-hybridized carbons (Fsp3) is 0.706. The van der Waals surface area contributed by atoms with Gasteiger partial charge in [0.1, 0.15) is 18.9 Å². The van der Waals surface area contributed by atoms with Crippen molar-refractivity contribution in [3.8, 4) is 0 Å². The highest BCUT2D eigenvalue weighted by molar-refractivity contribution is 5.57. The van der Waals surface area contributed by atoms with Crippen molar-refractivity contribution in [1.82, 2.24) is 0 Å². The molecule has 6 atom stereocenters. The molecule has 0 saturated carbocycles. The van der Waals surface area contributed by atoms with Crippen molar-refractivity contribution in [2.45, 2.75) is 76.3 Å². The summed E-state index contributed by atoms with van der Waals surface area (Å²) in [6.45, 7) is 11.5. The van der Waals surface area contributed by atoms with Crippen LogP contribution in [0.1, 0.15) is 40.0 Å². The first-order valence-electron chi connectivity index (χ1n) is 8.39. The van der Waals surface area contributed by atoms with Gasteiger partial charge in [0.05, 0.1) is 18.1 Å². The normalized spacial score (nSPS) is 16.2. The third kappa shape index (κ3) is 38.2. The molecule has 0 heterocycles. The quantitative estimate of drug-likeness (QED) is 0.205. The van der Waals surface area contributed by atoms with Gasteiger partial charge in [-0.05, 0) is 40.0 Å². The van der Waals surface area contributed by atoms with Gasteiger partial charge in [-0.2, -0.15) is 0 Å². The van der Waals surface area contributed by atoms with Crippen LogP contribution in [0.5, 0.6) is 0 Å². The van der Waals surface area contributed by atoms with Crippen LogP contribution in [0.2, 0.25) is 0 Å². The minimum absolute atomic E-state index is 0.0233. The van der Waals surface area contributed by atoms with Gasteiger partial charge in [0, 0.05) is 18.1 Å². The average molecular weight is 377 g/mol. The number of carbonyl (C=O) groups is 3. The Hall–Kier alpha value is -1.49. The Morgan fingerprint density at radius 3 is 0.769 bits per heavy atom. The molecule has 0 radical (unpaired) electrons. The molecule has 0 fully saturated rings. The summed E-state index contributed by atoms with van der Waals surface area (Å²) in [5, 5.41) is 0. The first-order valence-corrected chi connectivity index (χ1v) is 8.39. The summed E-state index contributed by atoms with van der Waals surface area (Å²) in [4.78, 5) is 29.6. The second kappa shape index (κ2) is 23.5. The predicted molar refractivity (Wildman–Crippen MR) is 108 cm³/mol. The van der Waals surface area contributed by atoms with Crippen LogP contribution < -0.4 is 34.4 Å². The lowest BCUT2D eigenvalue weighted by Gasteiger charge is -2.05. The maximum Gasteiger partial charge on any atom is 0.136 e. The van der Waals surface area contributed by atoms with Crippen LogP contribution in [0, 0.1) is 0 Å². The molecule has 0 amide bonds. The van der Waals surface area contributed by atoms with Crippen molar-refractivity contribution in [2.24, 2.45) is 34.4 Å². The van der Waals surface area contributed by atoms with E-state index in [-0.39, 0.29) is 36.3 Å². The van der Waals surface area contributed by atoms with E-state index < -0.39 is 0 Å². The molecule has 0 rings (SSSR count). The number of nitrogens with two attached hydrogens (primary N) is 6. The molecule has 0 aliphatic rings. The van der Waals surface area contributed by atoms with Gasteiger partial charge in [-0.3, -0.25) is 0 Å². The molecule has 0 aliphatic carbocycles. The Bertz CT molecular complexity index is 280. The Balaban J connectivity index is -0.000000133. The summed E-state index contributed by atoms with van der Waals surface area (Å²) < 4.78 is 0. The molecule has 0 saturated heterocycles. The fourth-order valence-electron chi connectivity index (χ4n) is 1.45. The number of carbonyl (C=O) groups excluding carboxylic acids is 3. The van der Waals surface area contributed by atoms with Crippen LogP contribution in [0.25, 0.3) is 0 Å². The van der Waals surface area contributed by atoms with Crippen molar-refractivity contribution in [3.63, 3.8) is 0 Å². The third-order valence-corrected chi connectivity index (χ3v) is 2.46. The predicted octanol–water partition coefficient (Wildman–Crippen LogP) is -1.45. The minimum Gasteiger partial charge on any atom is -0.328 e. The zero-order valence-corrected chi connectivity index (χ0v) is 16.4. The van der Waals surface area contributed by atoms with E-state index in [9.17, 15) is 14.4 Å². The second-order valence-corrected chi connectivity index (χ2v) is 6.04. The number of hydrogen-bond acceptors (Lipinski definition) is 9. The molecular formula is C17H40N6O3. The highest BCUT2D eigenvalue weighted by Crippen LogP contribution is 1.88. The maximum absolute atomic E-state index is 9.86. The van der Waals surface area contributed by atoms with Crippen LogP contribution in [-0.2, 0) is 14.4 Å². The van der Waals surface area contributed by atoms with E-state index in [1.165, 1.54) is 0 Å². The summed E-state index contributed by atoms with van der Waals surface area (Å²) in [5.74, 6) is 0. The van der Waals surface area contributed by atoms with E-state index in [0.717, 1.165) is 0 Å². The van der Waals surface area contributed by atoms with Crippen LogP contribution in [0.4, 0.5) is 0 Å². The Kier molecular flexibility index (Phi) is 29.1. The summed E-state index contributed by atoms with van der Waals surface area (Å²) >= 11 is 0. The first kappa shape index (κ1) is 32.2. The highest BCUT2D eigenvalue weighted by atomic mass is 16.1. The molecule has 9 nitrogen and oxygen atoms in total. The molecule has 0 aliphatic heterocycles. The topological polar surface area (TPSA) is 207 Å². The molecule has 0 aromatic rings. The SMILES string of the molecule is C=C.CC(N)CC(N)C=O.CC(N)CC(N)C=O.CC(N)CC(N)C=O. The van der Waals surface area contributed by atoms with E-state index in [1.807, 2.05) is 20.8 Å². The van der Waals surface area contributed by atoms with Crippen molar-refractivity contribution >= 4 is 18.9 Å². The smallest absolute Gasteiger partial charge is 0.136 e. The van der Waals surface area contributed by atoms with Gasteiger partial charge in [0.25, 0.3) is 0 Å². The molecule has 0 bridgehead atoms. The number of aldehydes is 3. The molecule has 6 unspecified atom stereocenters. The van der Waals surface area contributed by atoms with E-state index in [1.54, 1.807) is 0 Å². The fourth-order valence-corrected chi connectivity index (χ4v) is 1.45. The van der Waals surface area contributed by atoms with Crippen molar-refractivity contribution in [3.05, 3.63) is 13.2 Å². The van der Waals surface area contributed by atoms with Gasteiger partial charge >= 0.3 is 0 Å². The van der Waals surface area contributed by atoms with Crippen LogP contribution in [0.3, 0.4) is 0 Å². The Morgan fingerprint density at radius 2 is 0.731 bits per heavy atom. The third-order valence-electron chi connectivity index (χ3n) is 2.46. The largest absolute Gasteiger partial charge is 0.328 e. The number of rotatable bonds is 9. The van der Waals surface area contributed by atoms with E-state index in [0.29, 0.717) is 38.1 Å². The Morgan fingerprint density at radius 1 is 0.577 bits per heavy atom. The first-order chi connectivity index (χ1) is 12.0. The maximum atomic E-state index is 9.86. The van der Waals surface area contributed by atoms with Gasteiger partial charge in [0.2, 0.25) is 0 Å². The molecule has 9 heteroatoms. The molecule has 12 N–H and O–H groups in total. The zero-order chi connectivity index (χ0) is 21.7. The van der Waals surface area contributed by atoms with E-state index in [2.05, 4.69) is 13.2 Å². The van der Waals surface area contributed by atoms with E-state index in [4.69, 9.17) is 34.4 Å². The standard InChI is InChI=1S/3C5H12N2O.C2H4/c3*1-4(6)2-5(7)3-8;1-2/h3*3-5H,2,6-7H2,1H3;1-2H2. The van der Waals surface area contributed by atoms with E-state index >= 15 is 0 Å². The molecular weight excluding hydrogens is 336 g/mol. The van der Waals surface area contributed by atoms with Crippen LogP contribution >= 0.6 is 0 Å². The van der Waals surface area contributed by atoms with Crippen LogP contribution in [-0.4, -0.2) is 55.1 Å². The molecule has 156 valence electrons. The molecule has 0 spiro atoms. The molecule has 0 aromatic carbocycles. The minimum atomic E-state index is -0.380. The second-order valence-electron chi connectivity index (χ2n) is 6.04. The molecule has 26 heavy (non-hydrogen) atoms. The summed E-state index contributed by atoms with van der Waals surface area (Å²) in [7, 11) is 0. The lowest BCUT2D eigenvalue weighted by Crippen LogP contribution is -2.30. The van der Waals surface area contributed by atoms with Gasteiger partial charge in [0.15, 0.2) is 0 Å². The van der Waals surface area contributed by atoms with Gasteiger partial charge in [-0.15, -0.1) is 13.2 Å². The lowest BCUT2D eigenvalue weighted by atomic mass is 10.1. The highest BCUT2D eigenvalue weighted by Gasteiger charge is 2.02. The van der Waals surface area contributed by atoms with Crippen molar-refractivity contribution < 1.29 is 14.4 Å². The van der Waals surface area contributed by atoms with Crippen molar-refractivity contribution in [2.75, 3.05) is 0 Å². The number of hydrogen-bond donors (Lipinski definition) is 6. The lowest BCUT2D eigenvalue weighted by molar-refractivity contribution is -0.109. The van der Waals surface area contributed by atoms with Gasteiger partial charge in [-0.25, -0.2) is 0 Å². The monoisotopic (exact) mass is 376 g/mol. The zero-order valence-electron chi connectivity index (χ0n) is 16.4. The van der Waals surface area contributed by atoms with Gasteiger partial charge < -0.3 is 48.8 Å². The average Bonchev–Trinajstić information content (AvgIpc) is 2.55. The summed E-state index contributed by atoms with van der Waals surface area (Å²) in [5.41, 5.74) is 31.7.